The number of carboxylic acids is 1. The van der Waals surface area contributed by atoms with Crippen molar-refractivity contribution < 1.29 is 14.6 Å². The van der Waals surface area contributed by atoms with E-state index in [1.807, 2.05) is 33.2 Å². The summed E-state index contributed by atoms with van der Waals surface area (Å²) in [5, 5.41) is 20.4. The molecule has 0 aliphatic heterocycles. The number of hydrogen-bond donors (Lipinski definition) is 4. The van der Waals surface area contributed by atoms with E-state index in [1.165, 1.54) is 0 Å². The topological polar surface area (TPSA) is 112 Å². The largest absolute Gasteiger partial charge is 0.493 e. The molecular formula is C24H34N4O3. The molecule has 5 N–H and O–H groups in total. The van der Waals surface area contributed by atoms with E-state index in [0.29, 0.717) is 29.2 Å². The number of carbonyl (C=O) groups is 1. The summed E-state index contributed by atoms with van der Waals surface area (Å²) < 4.78 is 6.09. The fourth-order valence-corrected chi connectivity index (χ4v) is 3.52. The average Bonchev–Trinajstić information content (AvgIpc) is 2.69. The number of rotatable bonds is 11. The zero-order valence-corrected chi connectivity index (χ0v) is 19.0. The number of amidine groups is 1. The van der Waals surface area contributed by atoms with Gasteiger partial charge in [-0.05, 0) is 68.0 Å². The number of ether oxygens (including phenoxy) is 1. The lowest BCUT2D eigenvalue weighted by molar-refractivity contribution is -0.138. The molecule has 0 aliphatic rings. The summed E-state index contributed by atoms with van der Waals surface area (Å²) in [6.07, 6.45) is 0.769. The highest BCUT2D eigenvalue weighted by Crippen LogP contribution is 2.28. The number of carboxylic acid groups (broad SMARTS) is 1. The van der Waals surface area contributed by atoms with Crippen molar-refractivity contribution in [2.75, 3.05) is 32.6 Å². The summed E-state index contributed by atoms with van der Waals surface area (Å²) in [5.74, 6) is -0.347. The van der Waals surface area contributed by atoms with Gasteiger partial charge >= 0.3 is 5.97 Å². The van der Waals surface area contributed by atoms with Crippen molar-refractivity contribution in [3.05, 3.63) is 59.2 Å². The summed E-state index contributed by atoms with van der Waals surface area (Å²) in [6.45, 7) is 7.72. The lowest BCUT2D eigenvalue weighted by atomic mass is 9.94. The number of nitrogens with two attached hydrogens (primary N) is 1. The molecule has 0 heterocycles. The molecule has 0 radical (unpaired) electrons. The Hall–Kier alpha value is -3.06. The predicted octanol–water partition coefficient (Wildman–Crippen LogP) is 3.74. The molecule has 0 fully saturated rings. The molecule has 168 valence electrons. The van der Waals surface area contributed by atoms with Crippen LogP contribution in [0.25, 0.3) is 0 Å². The Morgan fingerprint density at radius 3 is 2.39 bits per heavy atom. The molecule has 2 rings (SSSR count). The molecule has 0 unspecified atom stereocenters. The maximum Gasteiger partial charge on any atom is 0.330 e. The number of benzene rings is 2. The molecule has 2 aromatic carbocycles. The maximum atomic E-state index is 12.1. The molecule has 1 atom stereocenters. The number of anilines is 1. The first kappa shape index (κ1) is 24.2. The minimum absolute atomic E-state index is 0.0315. The van der Waals surface area contributed by atoms with E-state index < -0.39 is 12.0 Å². The van der Waals surface area contributed by atoms with Crippen LogP contribution in [0.1, 0.15) is 43.5 Å². The minimum atomic E-state index is -0.984. The van der Waals surface area contributed by atoms with Crippen LogP contribution >= 0.6 is 0 Å². The standard InChI is InChI=1S/C24H34N4O3/c1-6-16-11-18(13-20(12-16)31-15-24(2,3)14-28(4)5)21(23(29)30)27-19-9-7-17(8-10-19)22(25)26/h7-13,21,27H,6,14-15H2,1-5H3,(H3,25,26)(H,29,30)/t21-/m1/s1. The Morgan fingerprint density at radius 2 is 1.87 bits per heavy atom. The van der Waals surface area contributed by atoms with Gasteiger partial charge in [0.1, 0.15) is 11.6 Å². The van der Waals surface area contributed by atoms with E-state index in [1.54, 1.807) is 30.3 Å². The Bertz CT molecular complexity index is 908. The third-order valence-electron chi connectivity index (χ3n) is 4.86. The van der Waals surface area contributed by atoms with Gasteiger partial charge in [-0.25, -0.2) is 4.79 Å². The van der Waals surface area contributed by atoms with Gasteiger partial charge in [0, 0.05) is 23.2 Å². The summed E-state index contributed by atoms with van der Waals surface area (Å²) in [4.78, 5) is 14.2. The molecule has 7 nitrogen and oxygen atoms in total. The van der Waals surface area contributed by atoms with Gasteiger partial charge in [0.05, 0.1) is 6.61 Å². The van der Waals surface area contributed by atoms with Crippen LogP contribution in [0, 0.1) is 10.8 Å². The summed E-state index contributed by atoms with van der Waals surface area (Å²) in [7, 11) is 4.06. The van der Waals surface area contributed by atoms with Crippen LogP contribution in [0.4, 0.5) is 5.69 Å². The second-order valence-corrected chi connectivity index (χ2v) is 8.86. The van der Waals surface area contributed by atoms with Gasteiger partial charge < -0.3 is 25.8 Å². The highest BCUT2D eigenvalue weighted by Gasteiger charge is 2.23. The molecule has 7 heteroatoms. The quantitative estimate of drug-likeness (QED) is 0.322. The second kappa shape index (κ2) is 10.3. The Balaban J connectivity index is 2.27. The van der Waals surface area contributed by atoms with Gasteiger partial charge in [-0.1, -0.05) is 26.8 Å². The van der Waals surface area contributed by atoms with E-state index in [0.717, 1.165) is 18.5 Å². The Morgan fingerprint density at radius 1 is 1.23 bits per heavy atom. The van der Waals surface area contributed by atoms with E-state index >= 15 is 0 Å². The van der Waals surface area contributed by atoms with Crippen molar-refractivity contribution in [1.82, 2.24) is 4.90 Å². The number of nitrogens with one attached hydrogen (secondary N) is 2. The van der Waals surface area contributed by atoms with Crippen molar-refractivity contribution in [3.63, 3.8) is 0 Å². The summed E-state index contributed by atoms with van der Waals surface area (Å²) in [6, 6.07) is 11.5. The zero-order chi connectivity index (χ0) is 23.2. The highest BCUT2D eigenvalue weighted by atomic mass is 16.5. The zero-order valence-electron chi connectivity index (χ0n) is 19.0. The molecular weight excluding hydrogens is 392 g/mol. The monoisotopic (exact) mass is 426 g/mol. The number of aliphatic carboxylic acids is 1. The van der Waals surface area contributed by atoms with Crippen LogP contribution in [-0.2, 0) is 11.2 Å². The van der Waals surface area contributed by atoms with Gasteiger partial charge in [-0.2, -0.15) is 0 Å². The molecule has 0 spiro atoms. The molecule has 0 bridgehead atoms. The molecule has 0 aliphatic carbocycles. The lowest BCUT2D eigenvalue weighted by Gasteiger charge is -2.28. The molecule has 0 amide bonds. The first-order valence-electron chi connectivity index (χ1n) is 10.4. The van der Waals surface area contributed by atoms with Crippen molar-refractivity contribution in [3.8, 4) is 5.75 Å². The average molecular weight is 427 g/mol. The Labute approximate surface area is 184 Å². The Kier molecular flexibility index (Phi) is 8.05. The molecule has 31 heavy (non-hydrogen) atoms. The molecule has 2 aromatic rings. The number of nitrogen functional groups attached to an aromatic ring is 1. The van der Waals surface area contributed by atoms with E-state index in [4.69, 9.17) is 15.9 Å². The van der Waals surface area contributed by atoms with Crippen LogP contribution < -0.4 is 15.8 Å². The third kappa shape index (κ3) is 7.29. The normalized spacial score (nSPS) is 12.5. The second-order valence-electron chi connectivity index (χ2n) is 8.86. The van der Waals surface area contributed by atoms with Gasteiger partial charge in [0.2, 0.25) is 0 Å². The minimum Gasteiger partial charge on any atom is -0.493 e. The molecule has 0 aromatic heterocycles. The van der Waals surface area contributed by atoms with Crippen LogP contribution in [0.3, 0.4) is 0 Å². The van der Waals surface area contributed by atoms with Gasteiger partial charge in [0.25, 0.3) is 0 Å². The first-order chi connectivity index (χ1) is 14.5. The van der Waals surface area contributed by atoms with Crippen LogP contribution in [0.5, 0.6) is 5.75 Å². The van der Waals surface area contributed by atoms with Gasteiger partial charge in [-0.3, -0.25) is 5.41 Å². The molecule has 0 saturated carbocycles. The van der Waals surface area contributed by atoms with Crippen LogP contribution in [0.15, 0.2) is 42.5 Å². The number of hydrogen-bond acceptors (Lipinski definition) is 5. The van der Waals surface area contributed by atoms with Crippen molar-refractivity contribution >= 4 is 17.5 Å². The van der Waals surface area contributed by atoms with Crippen molar-refractivity contribution in [2.45, 2.75) is 33.2 Å². The van der Waals surface area contributed by atoms with Crippen LogP contribution in [0.2, 0.25) is 0 Å². The fraction of sp³-hybridized carbons (Fsp3) is 0.417. The van der Waals surface area contributed by atoms with E-state index in [9.17, 15) is 9.90 Å². The van der Waals surface area contributed by atoms with Crippen LogP contribution in [-0.4, -0.2) is 49.1 Å². The molecule has 0 saturated heterocycles. The highest BCUT2D eigenvalue weighted by molar-refractivity contribution is 5.95. The fourth-order valence-electron chi connectivity index (χ4n) is 3.52. The third-order valence-corrected chi connectivity index (χ3v) is 4.86. The maximum absolute atomic E-state index is 12.1. The smallest absolute Gasteiger partial charge is 0.330 e. The summed E-state index contributed by atoms with van der Waals surface area (Å²) >= 11 is 0. The van der Waals surface area contributed by atoms with Gasteiger partial charge in [0.15, 0.2) is 6.04 Å². The number of nitrogens with zero attached hydrogens (tertiary/aromatic N) is 1. The lowest BCUT2D eigenvalue weighted by Crippen LogP contribution is -2.33. The predicted molar refractivity (Wildman–Crippen MR) is 125 cm³/mol. The van der Waals surface area contributed by atoms with E-state index in [-0.39, 0.29) is 11.3 Å². The SMILES string of the molecule is CCc1cc(OCC(C)(C)CN(C)C)cc([C@@H](Nc2ccc(C(=N)N)cc2)C(=O)O)c1. The first-order valence-corrected chi connectivity index (χ1v) is 10.4. The number of aryl methyl sites for hydroxylation is 1. The van der Waals surface area contributed by atoms with Crippen molar-refractivity contribution in [1.29, 1.82) is 5.41 Å². The van der Waals surface area contributed by atoms with E-state index in [2.05, 4.69) is 24.1 Å². The summed E-state index contributed by atoms with van der Waals surface area (Å²) in [5.41, 5.74) is 8.30. The van der Waals surface area contributed by atoms with Crippen molar-refractivity contribution in [2.24, 2.45) is 11.1 Å². The van der Waals surface area contributed by atoms with Gasteiger partial charge in [-0.15, -0.1) is 0 Å².